The first kappa shape index (κ1) is 14.2. The summed E-state index contributed by atoms with van der Waals surface area (Å²) in [6, 6.07) is 9.80. The summed E-state index contributed by atoms with van der Waals surface area (Å²) in [6.07, 6.45) is 0.746. The third-order valence-electron chi connectivity index (χ3n) is 2.52. The van der Waals surface area contributed by atoms with Gasteiger partial charge in [-0.1, -0.05) is 53.2 Å². The van der Waals surface area contributed by atoms with E-state index in [-0.39, 0.29) is 17.3 Å². The molecule has 3 nitrogen and oxygen atoms in total. The highest BCUT2D eigenvalue weighted by molar-refractivity contribution is 9.10. The summed E-state index contributed by atoms with van der Waals surface area (Å²) in [4.78, 5) is 13.5. The van der Waals surface area contributed by atoms with Gasteiger partial charge in [0.25, 0.3) is 0 Å². The van der Waals surface area contributed by atoms with Crippen molar-refractivity contribution < 1.29 is 9.90 Å². The summed E-state index contributed by atoms with van der Waals surface area (Å²) < 4.78 is 0. The second kappa shape index (κ2) is 7.45. The lowest BCUT2D eigenvalue weighted by Crippen LogP contribution is -2.37. The summed E-state index contributed by atoms with van der Waals surface area (Å²) in [5.74, 6) is 0.0328. The largest absolute Gasteiger partial charge is 0.395 e. The van der Waals surface area contributed by atoms with Crippen LogP contribution < -0.4 is 0 Å². The molecule has 0 saturated heterocycles. The van der Waals surface area contributed by atoms with Crippen LogP contribution in [0.4, 0.5) is 0 Å². The zero-order valence-corrected chi connectivity index (χ0v) is 11.6. The van der Waals surface area contributed by atoms with E-state index >= 15 is 0 Å². The number of halogens is 1. The maximum atomic E-state index is 12.0. The van der Waals surface area contributed by atoms with Gasteiger partial charge in [0.05, 0.1) is 11.4 Å². The number of rotatable bonds is 6. The molecule has 1 aromatic carbocycles. The Morgan fingerprint density at radius 1 is 1.41 bits per heavy atom. The van der Waals surface area contributed by atoms with Crippen LogP contribution in [0.3, 0.4) is 0 Å². The molecular weight excluding hydrogens is 282 g/mol. The van der Waals surface area contributed by atoms with Crippen LogP contribution >= 0.6 is 15.9 Å². The zero-order valence-electron chi connectivity index (χ0n) is 9.97. The molecule has 0 aliphatic heterocycles. The minimum atomic E-state index is -0.169. The first-order chi connectivity index (χ1) is 8.19. The topological polar surface area (TPSA) is 40.5 Å². The van der Waals surface area contributed by atoms with Gasteiger partial charge in [0, 0.05) is 13.1 Å². The second-order valence-corrected chi connectivity index (χ2v) is 4.95. The Morgan fingerprint density at radius 2 is 2.06 bits per heavy atom. The number of carbonyl (C=O) groups is 1. The van der Waals surface area contributed by atoms with Crippen molar-refractivity contribution in [3.8, 4) is 0 Å². The lowest BCUT2D eigenvalue weighted by Gasteiger charge is -2.24. The van der Waals surface area contributed by atoms with Crippen molar-refractivity contribution in [1.29, 1.82) is 0 Å². The minimum Gasteiger partial charge on any atom is -0.395 e. The molecule has 1 aromatic rings. The van der Waals surface area contributed by atoms with Crippen LogP contribution in [0.25, 0.3) is 0 Å². The molecule has 17 heavy (non-hydrogen) atoms. The maximum Gasteiger partial charge on any atom is 0.236 e. The molecule has 1 unspecified atom stereocenters. The van der Waals surface area contributed by atoms with E-state index in [9.17, 15) is 4.79 Å². The average molecular weight is 300 g/mol. The number of benzene rings is 1. The molecule has 94 valence electrons. The minimum absolute atomic E-state index is 0.0119. The normalized spacial score (nSPS) is 12.2. The van der Waals surface area contributed by atoms with E-state index in [1.807, 2.05) is 37.3 Å². The van der Waals surface area contributed by atoms with E-state index in [1.165, 1.54) is 0 Å². The van der Waals surface area contributed by atoms with E-state index in [1.54, 1.807) is 4.90 Å². The first-order valence-electron chi connectivity index (χ1n) is 5.76. The number of nitrogens with zero attached hydrogens (tertiary/aromatic N) is 1. The van der Waals surface area contributed by atoms with Crippen LogP contribution in [0.2, 0.25) is 0 Å². The zero-order chi connectivity index (χ0) is 12.7. The molecule has 0 fully saturated rings. The van der Waals surface area contributed by atoms with Crippen molar-refractivity contribution in [3.63, 3.8) is 0 Å². The first-order valence-corrected chi connectivity index (χ1v) is 6.68. The smallest absolute Gasteiger partial charge is 0.236 e. The molecule has 0 bridgehead atoms. The van der Waals surface area contributed by atoms with Crippen LogP contribution in [0.1, 0.15) is 18.9 Å². The molecule has 1 amide bonds. The Morgan fingerprint density at radius 3 is 2.59 bits per heavy atom. The van der Waals surface area contributed by atoms with E-state index in [2.05, 4.69) is 15.9 Å². The molecule has 0 aliphatic carbocycles. The maximum absolute atomic E-state index is 12.0. The standard InChI is InChI=1S/C13H18BrNO2/c1-2-12(14)13(17)15(8-9-16)10-11-6-4-3-5-7-11/h3-7,12,16H,2,8-10H2,1H3. The third-order valence-corrected chi connectivity index (χ3v) is 3.56. The number of aliphatic hydroxyl groups is 1. The van der Waals surface area contributed by atoms with Crippen LogP contribution in [0.5, 0.6) is 0 Å². The van der Waals surface area contributed by atoms with Crippen LogP contribution in [-0.4, -0.2) is 33.9 Å². The average Bonchev–Trinajstić information content (AvgIpc) is 2.37. The van der Waals surface area contributed by atoms with Crippen molar-refractivity contribution >= 4 is 21.8 Å². The van der Waals surface area contributed by atoms with Crippen molar-refractivity contribution in [2.45, 2.75) is 24.7 Å². The van der Waals surface area contributed by atoms with E-state index in [4.69, 9.17) is 5.11 Å². The number of hydrogen-bond donors (Lipinski definition) is 1. The fraction of sp³-hybridized carbons (Fsp3) is 0.462. The molecule has 0 aromatic heterocycles. The van der Waals surface area contributed by atoms with Gasteiger partial charge in [-0.05, 0) is 12.0 Å². The van der Waals surface area contributed by atoms with Crippen LogP contribution in [-0.2, 0) is 11.3 Å². The van der Waals surface area contributed by atoms with E-state index in [0.29, 0.717) is 13.1 Å². The fourth-order valence-corrected chi connectivity index (χ4v) is 1.85. The summed E-state index contributed by atoms with van der Waals surface area (Å²) >= 11 is 3.35. The highest BCUT2D eigenvalue weighted by Crippen LogP contribution is 2.12. The van der Waals surface area contributed by atoms with Gasteiger partial charge < -0.3 is 10.0 Å². The predicted octanol–water partition coefficient (Wildman–Crippen LogP) is 2.18. The fourth-order valence-electron chi connectivity index (χ4n) is 1.56. The van der Waals surface area contributed by atoms with Gasteiger partial charge in [-0.2, -0.15) is 0 Å². The second-order valence-electron chi connectivity index (χ2n) is 3.84. The van der Waals surface area contributed by atoms with Gasteiger partial charge in [0.1, 0.15) is 0 Å². The Balaban J connectivity index is 2.69. The van der Waals surface area contributed by atoms with Crippen LogP contribution in [0.15, 0.2) is 30.3 Å². The van der Waals surface area contributed by atoms with Crippen molar-refractivity contribution in [2.24, 2.45) is 0 Å². The van der Waals surface area contributed by atoms with Gasteiger partial charge in [0.2, 0.25) is 5.91 Å². The molecule has 1 N–H and O–H groups in total. The van der Waals surface area contributed by atoms with Crippen LogP contribution in [0, 0.1) is 0 Å². The Labute approximate surface area is 111 Å². The molecular formula is C13H18BrNO2. The molecule has 0 spiro atoms. The Hall–Kier alpha value is -0.870. The molecule has 0 saturated carbocycles. The number of aliphatic hydroxyl groups excluding tert-OH is 1. The van der Waals surface area contributed by atoms with Gasteiger partial charge >= 0.3 is 0 Å². The van der Waals surface area contributed by atoms with Crippen molar-refractivity contribution in [2.75, 3.05) is 13.2 Å². The highest BCUT2D eigenvalue weighted by atomic mass is 79.9. The van der Waals surface area contributed by atoms with Gasteiger partial charge in [-0.15, -0.1) is 0 Å². The van der Waals surface area contributed by atoms with Crippen molar-refractivity contribution in [1.82, 2.24) is 4.90 Å². The predicted molar refractivity (Wildman–Crippen MR) is 72.0 cm³/mol. The van der Waals surface area contributed by atoms with Gasteiger partial charge in [-0.25, -0.2) is 0 Å². The lowest BCUT2D eigenvalue weighted by molar-refractivity contribution is -0.131. The highest BCUT2D eigenvalue weighted by Gasteiger charge is 2.19. The molecule has 0 heterocycles. The van der Waals surface area contributed by atoms with E-state index in [0.717, 1.165) is 12.0 Å². The molecule has 1 rings (SSSR count). The Bertz CT molecular complexity index is 343. The summed E-state index contributed by atoms with van der Waals surface area (Å²) in [5, 5.41) is 9.01. The molecule has 0 aliphatic rings. The number of amides is 1. The summed E-state index contributed by atoms with van der Waals surface area (Å²) in [5.41, 5.74) is 1.07. The quantitative estimate of drug-likeness (QED) is 0.818. The van der Waals surface area contributed by atoms with Gasteiger partial charge in [0.15, 0.2) is 0 Å². The van der Waals surface area contributed by atoms with Gasteiger partial charge in [-0.3, -0.25) is 4.79 Å². The number of alkyl halides is 1. The lowest BCUT2D eigenvalue weighted by atomic mass is 10.2. The SMILES string of the molecule is CCC(Br)C(=O)N(CCO)Cc1ccccc1. The number of hydrogen-bond acceptors (Lipinski definition) is 2. The number of carbonyl (C=O) groups excluding carboxylic acids is 1. The van der Waals surface area contributed by atoms with E-state index < -0.39 is 0 Å². The summed E-state index contributed by atoms with van der Waals surface area (Å²) in [7, 11) is 0. The third kappa shape index (κ3) is 4.48. The molecule has 0 radical (unpaired) electrons. The summed E-state index contributed by atoms with van der Waals surface area (Å²) in [6.45, 7) is 2.86. The molecule has 1 atom stereocenters. The molecule has 4 heteroatoms. The van der Waals surface area contributed by atoms with Crippen molar-refractivity contribution in [3.05, 3.63) is 35.9 Å². The Kier molecular flexibility index (Phi) is 6.22. The monoisotopic (exact) mass is 299 g/mol.